The van der Waals surface area contributed by atoms with Gasteiger partial charge < -0.3 is 15.5 Å². The van der Waals surface area contributed by atoms with Crippen molar-refractivity contribution in [3.63, 3.8) is 0 Å². The van der Waals surface area contributed by atoms with E-state index in [1.807, 2.05) is 0 Å². The van der Waals surface area contributed by atoms with Crippen LogP contribution in [0.3, 0.4) is 0 Å². The molecule has 0 aliphatic heterocycles. The highest BCUT2D eigenvalue weighted by atomic mass is 16.4. The molecule has 0 aromatic heterocycles. The first-order valence-electron chi connectivity index (χ1n) is 9.24. The van der Waals surface area contributed by atoms with Gasteiger partial charge in [0.1, 0.15) is 17.6 Å². The number of Topliss-reactive ketones (excluding diaryl/α,β-unsaturated/α-hetero) is 1. The highest BCUT2D eigenvalue weighted by Gasteiger charge is 2.21. The van der Waals surface area contributed by atoms with Crippen molar-refractivity contribution >= 4 is 17.7 Å². The molecule has 1 amide bonds. The fourth-order valence-electron chi connectivity index (χ4n) is 2.68. The number of aliphatic carboxylic acids is 1. The number of unbranched alkanes of at least 4 members (excludes halogenated alkanes) is 5. The number of aromatic hydroxyl groups is 1. The average molecular weight is 363 g/mol. The lowest BCUT2D eigenvalue weighted by atomic mass is 10.0. The zero-order valence-electron chi connectivity index (χ0n) is 15.4. The Kier molecular flexibility index (Phi) is 10.1. The maximum absolute atomic E-state index is 12.0. The number of carbonyl (C=O) groups is 3. The first-order chi connectivity index (χ1) is 12.4. The summed E-state index contributed by atoms with van der Waals surface area (Å²) < 4.78 is 0. The summed E-state index contributed by atoms with van der Waals surface area (Å²) in [5, 5.41) is 20.9. The van der Waals surface area contributed by atoms with Gasteiger partial charge in [-0.15, -0.1) is 0 Å². The molecular formula is C20H29NO5. The van der Waals surface area contributed by atoms with E-state index in [0.717, 1.165) is 19.3 Å². The SMILES string of the molecule is CCCCCCCCC(=O)CC(=O)N[C@H](Cc1ccc(O)cc1)C(=O)O. The number of carbonyl (C=O) groups excluding carboxylic acids is 2. The molecule has 6 heteroatoms. The molecule has 0 spiro atoms. The number of phenols is 1. The van der Waals surface area contributed by atoms with E-state index in [-0.39, 0.29) is 24.4 Å². The number of ketones is 1. The minimum absolute atomic E-state index is 0.0879. The molecule has 0 radical (unpaired) electrons. The van der Waals surface area contributed by atoms with Gasteiger partial charge in [-0.2, -0.15) is 0 Å². The van der Waals surface area contributed by atoms with Crippen LogP contribution in [0.4, 0.5) is 0 Å². The lowest BCUT2D eigenvalue weighted by molar-refractivity contribution is -0.142. The fourth-order valence-corrected chi connectivity index (χ4v) is 2.68. The summed E-state index contributed by atoms with van der Waals surface area (Å²) in [4.78, 5) is 35.1. The van der Waals surface area contributed by atoms with Crippen LogP contribution in [0.5, 0.6) is 5.75 Å². The van der Waals surface area contributed by atoms with Crippen molar-refractivity contribution in [2.24, 2.45) is 0 Å². The van der Waals surface area contributed by atoms with Crippen molar-refractivity contribution in [3.05, 3.63) is 29.8 Å². The molecule has 0 aliphatic carbocycles. The van der Waals surface area contributed by atoms with Gasteiger partial charge in [0.25, 0.3) is 0 Å². The average Bonchev–Trinajstić information content (AvgIpc) is 2.59. The number of rotatable bonds is 13. The van der Waals surface area contributed by atoms with Crippen LogP contribution < -0.4 is 5.32 Å². The molecular weight excluding hydrogens is 334 g/mol. The molecule has 0 unspecified atom stereocenters. The van der Waals surface area contributed by atoms with Gasteiger partial charge in [0.05, 0.1) is 6.42 Å². The Bertz CT molecular complexity index is 582. The Hall–Kier alpha value is -2.37. The van der Waals surface area contributed by atoms with Crippen LogP contribution in [-0.4, -0.2) is 33.9 Å². The van der Waals surface area contributed by atoms with E-state index in [0.29, 0.717) is 12.0 Å². The lowest BCUT2D eigenvalue weighted by Crippen LogP contribution is -2.42. The zero-order valence-corrected chi connectivity index (χ0v) is 15.4. The number of carboxylic acid groups (broad SMARTS) is 1. The van der Waals surface area contributed by atoms with Crippen molar-refractivity contribution < 1.29 is 24.6 Å². The van der Waals surface area contributed by atoms with Gasteiger partial charge in [-0.05, 0) is 24.1 Å². The van der Waals surface area contributed by atoms with E-state index >= 15 is 0 Å². The highest BCUT2D eigenvalue weighted by Crippen LogP contribution is 2.12. The molecule has 3 N–H and O–H groups in total. The number of phenolic OH excluding ortho intramolecular Hbond substituents is 1. The molecule has 6 nitrogen and oxygen atoms in total. The van der Waals surface area contributed by atoms with Crippen molar-refractivity contribution in [2.75, 3.05) is 0 Å². The number of hydrogen-bond donors (Lipinski definition) is 3. The highest BCUT2D eigenvalue weighted by molar-refractivity contribution is 5.99. The zero-order chi connectivity index (χ0) is 19.4. The van der Waals surface area contributed by atoms with Crippen LogP contribution in [0.15, 0.2) is 24.3 Å². The van der Waals surface area contributed by atoms with Crippen molar-refractivity contribution in [2.45, 2.75) is 70.8 Å². The molecule has 1 atom stereocenters. The first-order valence-corrected chi connectivity index (χ1v) is 9.24. The smallest absolute Gasteiger partial charge is 0.326 e. The van der Waals surface area contributed by atoms with Gasteiger partial charge >= 0.3 is 5.97 Å². The second-order valence-corrected chi connectivity index (χ2v) is 6.56. The third-order valence-electron chi connectivity index (χ3n) is 4.18. The van der Waals surface area contributed by atoms with Gasteiger partial charge in [0.15, 0.2) is 0 Å². The minimum Gasteiger partial charge on any atom is -0.508 e. The summed E-state index contributed by atoms with van der Waals surface area (Å²) in [5.74, 6) is -1.79. The van der Waals surface area contributed by atoms with Gasteiger partial charge in [-0.3, -0.25) is 9.59 Å². The predicted molar refractivity (Wildman–Crippen MR) is 99.0 cm³/mol. The van der Waals surface area contributed by atoms with Gasteiger partial charge in [-0.1, -0.05) is 51.2 Å². The molecule has 144 valence electrons. The Balaban J connectivity index is 2.36. The second kappa shape index (κ2) is 12.1. The van der Waals surface area contributed by atoms with Crippen LogP contribution >= 0.6 is 0 Å². The summed E-state index contributed by atoms with van der Waals surface area (Å²) in [6, 6.07) is 5.01. The maximum atomic E-state index is 12.0. The number of amides is 1. The summed E-state index contributed by atoms with van der Waals surface area (Å²) in [7, 11) is 0. The Labute approximate surface area is 154 Å². The summed E-state index contributed by atoms with van der Waals surface area (Å²) >= 11 is 0. The van der Waals surface area contributed by atoms with Crippen molar-refractivity contribution in [1.29, 1.82) is 0 Å². The van der Waals surface area contributed by atoms with Crippen molar-refractivity contribution in [1.82, 2.24) is 5.32 Å². The normalized spacial score (nSPS) is 11.7. The van der Waals surface area contributed by atoms with Crippen LogP contribution in [0.25, 0.3) is 0 Å². The van der Waals surface area contributed by atoms with Gasteiger partial charge in [0, 0.05) is 12.8 Å². The lowest BCUT2D eigenvalue weighted by Gasteiger charge is -2.14. The topological polar surface area (TPSA) is 104 Å². The molecule has 0 saturated carbocycles. The fraction of sp³-hybridized carbons (Fsp3) is 0.550. The number of nitrogens with one attached hydrogen (secondary N) is 1. The van der Waals surface area contributed by atoms with E-state index in [2.05, 4.69) is 12.2 Å². The van der Waals surface area contributed by atoms with E-state index in [1.165, 1.54) is 31.4 Å². The molecule has 1 aromatic carbocycles. The third kappa shape index (κ3) is 9.20. The third-order valence-corrected chi connectivity index (χ3v) is 4.18. The largest absolute Gasteiger partial charge is 0.508 e. The maximum Gasteiger partial charge on any atom is 0.326 e. The van der Waals surface area contributed by atoms with E-state index in [4.69, 9.17) is 0 Å². The van der Waals surface area contributed by atoms with E-state index in [1.54, 1.807) is 12.1 Å². The first kappa shape index (κ1) is 21.7. The molecule has 26 heavy (non-hydrogen) atoms. The van der Waals surface area contributed by atoms with Crippen LogP contribution in [0, 0.1) is 0 Å². The summed E-state index contributed by atoms with van der Waals surface area (Å²) in [6.45, 7) is 2.15. The van der Waals surface area contributed by atoms with E-state index in [9.17, 15) is 24.6 Å². The number of benzene rings is 1. The Morgan fingerprint density at radius 2 is 1.62 bits per heavy atom. The predicted octanol–water partition coefficient (Wildman–Crippen LogP) is 3.21. The molecule has 0 heterocycles. The molecule has 0 fully saturated rings. The number of hydrogen-bond acceptors (Lipinski definition) is 4. The quantitative estimate of drug-likeness (QED) is 0.369. The van der Waals surface area contributed by atoms with Crippen LogP contribution in [-0.2, 0) is 20.8 Å². The summed E-state index contributed by atoms with van der Waals surface area (Å²) in [6.07, 6.45) is 6.56. The Morgan fingerprint density at radius 3 is 2.23 bits per heavy atom. The van der Waals surface area contributed by atoms with Crippen molar-refractivity contribution in [3.8, 4) is 5.75 Å². The standard InChI is InChI=1S/C20H29NO5/c1-2-3-4-5-6-7-8-17(23)14-19(24)21-18(20(25)26)13-15-9-11-16(22)12-10-15/h9-12,18,22H,2-8,13-14H2,1H3,(H,21,24)(H,25,26)/t18-/m1/s1. The van der Waals surface area contributed by atoms with Crippen LogP contribution in [0.1, 0.15) is 63.9 Å². The Morgan fingerprint density at radius 1 is 1.00 bits per heavy atom. The van der Waals surface area contributed by atoms with Gasteiger partial charge in [0.2, 0.25) is 5.91 Å². The minimum atomic E-state index is -1.16. The van der Waals surface area contributed by atoms with E-state index < -0.39 is 17.9 Å². The second-order valence-electron chi connectivity index (χ2n) is 6.56. The molecule has 0 saturated heterocycles. The monoisotopic (exact) mass is 363 g/mol. The number of carboxylic acids is 1. The molecule has 1 rings (SSSR count). The van der Waals surface area contributed by atoms with Gasteiger partial charge in [-0.25, -0.2) is 4.79 Å². The molecule has 1 aromatic rings. The van der Waals surface area contributed by atoms with Crippen LogP contribution in [0.2, 0.25) is 0 Å². The molecule has 0 bridgehead atoms. The summed E-state index contributed by atoms with van der Waals surface area (Å²) in [5.41, 5.74) is 0.675. The molecule has 0 aliphatic rings.